The molecule has 1 atom stereocenters. The summed E-state index contributed by atoms with van der Waals surface area (Å²) in [7, 11) is 4.39. The zero-order chi connectivity index (χ0) is 20.8. The van der Waals surface area contributed by atoms with Gasteiger partial charge in [0.25, 0.3) is 5.91 Å². The molecule has 29 heavy (non-hydrogen) atoms. The number of hydrogen-bond acceptors (Lipinski definition) is 6. The summed E-state index contributed by atoms with van der Waals surface area (Å²) in [6.45, 7) is -0.380. The SMILES string of the molecule is COc1cc(OC)c(C(=O)OCC(=O)NC2CCCc3ccccc32)cc1OC. The molecule has 0 saturated carbocycles. The zero-order valence-corrected chi connectivity index (χ0v) is 16.8. The van der Waals surface area contributed by atoms with Crippen LogP contribution < -0.4 is 19.5 Å². The van der Waals surface area contributed by atoms with E-state index in [1.54, 1.807) is 0 Å². The Morgan fingerprint density at radius 2 is 1.69 bits per heavy atom. The van der Waals surface area contributed by atoms with E-state index in [0.717, 1.165) is 24.8 Å². The molecule has 3 rings (SSSR count). The Labute approximate surface area is 169 Å². The minimum absolute atomic E-state index is 0.0678. The van der Waals surface area contributed by atoms with E-state index in [1.165, 1.54) is 39.0 Å². The summed E-state index contributed by atoms with van der Waals surface area (Å²) in [5, 5.41) is 2.96. The maximum absolute atomic E-state index is 12.5. The van der Waals surface area contributed by atoms with Crippen LogP contribution in [0, 0.1) is 0 Å². The number of nitrogens with one attached hydrogen (secondary N) is 1. The summed E-state index contributed by atoms with van der Waals surface area (Å²) in [6, 6.07) is 11.0. The molecule has 2 aromatic rings. The average molecular weight is 399 g/mol. The number of ether oxygens (including phenoxy) is 4. The second-order valence-corrected chi connectivity index (χ2v) is 6.69. The number of carbonyl (C=O) groups is 2. The number of benzene rings is 2. The van der Waals surface area contributed by atoms with Gasteiger partial charge in [0, 0.05) is 12.1 Å². The third-order valence-electron chi connectivity index (χ3n) is 4.96. The fourth-order valence-electron chi connectivity index (χ4n) is 3.54. The molecule has 0 fully saturated rings. The van der Waals surface area contributed by atoms with Gasteiger partial charge in [0.2, 0.25) is 0 Å². The molecule has 7 nitrogen and oxygen atoms in total. The van der Waals surface area contributed by atoms with Gasteiger partial charge in [0.05, 0.1) is 27.4 Å². The topological polar surface area (TPSA) is 83.1 Å². The van der Waals surface area contributed by atoms with Crippen LogP contribution in [-0.4, -0.2) is 39.8 Å². The van der Waals surface area contributed by atoms with E-state index in [9.17, 15) is 9.59 Å². The smallest absolute Gasteiger partial charge is 0.342 e. The van der Waals surface area contributed by atoms with E-state index < -0.39 is 5.97 Å². The first-order valence-electron chi connectivity index (χ1n) is 9.41. The summed E-state index contributed by atoms with van der Waals surface area (Å²) in [5.41, 5.74) is 2.53. The first kappa shape index (κ1) is 20.5. The van der Waals surface area contributed by atoms with Gasteiger partial charge in [0.1, 0.15) is 11.3 Å². The number of amides is 1. The van der Waals surface area contributed by atoms with Crippen LogP contribution >= 0.6 is 0 Å². The molecule has 0 bridgehead atoms. The molecule has 0 heterocycles. The Kier molecular flexibility index (Phi) is 6.59. The summed E-state index contributed by atoms with van der Waals surface area (Å²) < 4.78 is 20.9. The van der Waals surface area contributed by atoms with Crippen LogP contribution in [-0.2, 0) is 16.0 Å². The first-order valence-corrected chi connectivity index (χ1v) is 9.41. The van der Waals surface area contributed by atoms with Crippen molar-refractivity contribution in [3.8, 4) is 17.2 Å². The molecular weight excluding hydrogens is 374 g/mol. The largest absolute Gasteiger partial charge is 0.496 e. The maximum atomic E-state index is 12.5. The van der Waals surface area contributed by atoms with E-state index in [-0.39, 0.29) is 29.9 Å². The number of aryl methyl sites for hydroxylation is 1. The molecule has 1 unspecified atom stereocenters. The van der Waals surface area contributed by atoms with Gasteiger partial charge in [0.15, 0.2) is 18.1 Å². The minimum Gasteiger partial charge on any atom is -0.496 e. The van der Waals surface area contributed by atoms with Crippen molar-refractivity contribution in [1.82, 2.24) is 5.32 Å². The number of fused-ring (bicyclic) bond motifs is 1. The Bertz CT molecular complexity index is 895. The maximum Gasteiger partial charge on any atom is 0.342 e. The predicted molar refractivity (Wildman–Crippen MR) is 107 cm³/mol. The lowest BCUT2D eigenvalue weighted by Gasteiger charge is -2.26. The van der Waals surface area contributed by atoms with Gasteiger partial charge in [-0.15, -0.1) is 0 Å². The number of esters is 1. The highest BCUT2D eigenvalue weighted by Gasteiger charge is 2.23. The summed E-state index contributed by atoms with van der Waals surface area (Å²) in [5.74, 6) is 0.0360. The molecule has 1 aliphatic carbocycles. The van der Waals surface area contributed by atoms with Crippen molar-refractivity contribution in [2.45, 2.75) is 25.3 Å². The lowest BCUT2D eigenvalue weighted by Crippen LogP contribution is -2.34. The minimum atomic E-state index is -0.679. The van der Waals surface area contributed by atoms with Crippen molar-refractivity contribution in [2.24, 2.45) is 0 Å². The Hall–Kier alpha value is -3.22. The van der Waals surface area contributed by atoms with E-state index in [4.69, 9.17) is 18.9 Å². The second kappa shape index (κ2) is 9.32. The molecule has 0 radical (unpaired) electrons. The van der Waals surface area contributed by atoms with Gasteiger partial charge in [-0.3, -0.25) is 4.79 Å². The van der Waals surface area contributed by atoms with Crippen LogP contribution in [0.3, 0.4) is 0 Å². The van der Waals surface area contributed by atoms with Gasteiger partial charge >= 0.3 is 5.97 Å². The standard InChI is InChI=1S/C22H25NO6/c1-26-18-12-20(28-3)19(27-2)11-16(18)22(25)29-13-21(24)23-17-10-6-8-14-7-4-5-9-15(14)17/h4-5,7,9,11-12,17H,6,8,10,13H2,1-3H3,(H,23,24). The van der Waals surface area contributed by atoms with Crippen molar-refractivity contribution >= 4 is 11.9 Å². The van der Waals surface area contributed by atoms with Crippen molar-refractivity contribution in [3.05, 3.63) is 53.1 Å². The van der Waals surface area contributed by atoms with E-state index >= 15 is 0 Å². The lowest BCUT2D eigenvalue weighted by atomic mass is 9.88. The van der Waals surface area contributed by atoms with E-state index in [2.05, 4.69) is 11.4 Å². The Morgan fingerprint density at radius 3 is 2.41 bits per heavy atom. The van der Waals surface area contributed by atoms with Crippen LogP contribution in [0.2, 0.25) is 0 Å². The van der Waals surface area contributed by atoms with Gasteiger partial charge < -0.3 is 24.3 Å². The molecule has 7 heteroatoms. The monoisotopic (exact) mass is 399 g/mol. The summed E-state index contributed by atoms with van der Waals surface area (Å²) in [4.78, 5) is 24.9. The highest BCUT2D eigenvalue weighted by Crippen LogP contribution is 2.35. The molecule has 0 saturated heterocycles. The molecule has 0 aliphatic heterocycles. The Morgan fingerprint density at radius 1 is 1.00 bits per heavy atom. The highest BCUT2D eigenvalue weighted by molar-refractivity contribution is 5.95. The van der Waals surface area contributed by atoms with E-state index in [0.29, 0.717) is 11.5 Å². The van der Waals surface area contributed by atoms with Crippen molar-refractivity contribution in [2.75, 3.05) is 27.9 Å². The van der Waals surface area contributed by atoms with Crippen molar-refractivity contribution in [3.63, 3.8) is 0 Å². The molecule has 1 aliphatic rings. The van der Waals surface area contributed by atoms with Crippen molar-refractivity contribution < 1.29 is 28.5 Å². The first-order chi connectivity index (χ1) is 14.1. The summed E-state index contributed by atoms with van der Waals surface area (Å²) in [6.07, 6.45) is 2.88. The molecule has 0 spiro atoms. The number of methoxy groups -OCH3 is 3. The van der Waals surface area contributed by atoms with Crippen molar-refractivity contribution in [1.29, 1.82) is 0 Å². The third kappa shape index (κ3) is 4.62. The second-order valence-electron chi connectivity index (χ2n) is 6.69. The molecule has 1 amide bonds. The third-order valence-corrected chi connectivity index (χ3v) is 4.96. The summed E-state index contributed by atoms with van der Waals surface area (Å²) >= 11 is 0. The van der Waals surface area contributed by atoms with Crippen LogP contribution in [0.1, 0.15) is 40.4 Å². The van der Waals surface area contributed by atoms with Gasteiger partial charge in [-0.25, -0.2) is 4.79 Å². The Balaban J connectivity index is 1.65. The quantitative estimate of drug-likeness (QED) is 0.721. The zero-order valence-electron chi connectivity index (χ0n) is 16.8. The lowest BCUT2D eigenvalue weighted by molar-refractivity contribution is -0.125. The predicted octanol–water partition coefficient (Wildman–Crippen LogP) is 3.06. The molecule has 0 aromatic heterocycles. The molecule has 154 valence electrons. The highest BCUT2D eigenvalue weighted by atomic mass is 16.5. The number of rotatable bonds is 7. The van der Waals surface area contributed by atoms with Gasteiger partial charge in [-0.1, -0.05) is 24.3 Å². The molecule has 1 N–H and O–H groups in total. The van der Waals surface area contributed by atoms with Crippen LogP contribution in [0.4, 0.5) is 0 Å². The van der Waals surface area contributed by atoms with E-state index in [1.807, 2.05) is 18.2 Å². The number of hydrogen-bond donors (Lipinski definition) is 1. The molecular formula is C22H25NO6. The fourth-order valence-corrected chi connectivity index (χ4v) is 3.54. The fraction of sp³-hybridized carbons (Fsp3) is 0.364. The van der Waals surface area contributed by atoms with Gasteiger partial charge in [-0.2, -0.15) is 0 Å². The van der Waals surface area contributed by atoms with Gasteiger partial charge in [-0.05, 0) is 30.4 Å². The van der Waals surface area contributed by atoms with Crippen LogP contribution in [0.25, 0.3) is 0 Å². The molecule has 2 aromatic carbocycles. The van der Waals surface area contributed by atoms with Crippen LogP contribution in [0.5, 0.6) is 17.2 Å². The van der Waals surface area contributed by atoms with Crippen LogP contribution in [0.15, 0.2) is 36.4 Å². The normalized spacial score (nSPS) is 15.1. The average Bonchev–Trinajstić information content (AvgIpc) is 2.76. The number of carbonyl (C=O) groups excluding carboxylic acids is 2.